The largest absolute Gasteiger partial charge is 0.357 e. The summed E-state index contributed by atoms with van der Waals surface area (Å²) in [7, 11) is 0. The Morgan fingerprint density at radius 1 is 1.17 bits per heavy atom. The zero-order valence-corrected chi connectivity index (χ0v) is 13.4. The predicted molar refractivity (Wildman–Crippen MR) is 89.0 cm³/mol. The molecule has 1 aromatic heterocycles. The van der Waals surface area contributed by atoms with Gasteiger partial charge < -0.3 is 4.98 Å². The zero-order valence-electron chi connectivity index (χ0n) is 13.4. The van der Waals surface area contributed by atoms with Gasteiger partial charge in [-0.15, -0.1) is 0 Å². The van der Waals surface area contributed by atoms with Crippen molar-refractivity contribution in [2.24, 2.45) is 11.0 Å². The van der Waals surface area contributed by atoms with E-state index in [2.05, 4.69) is 32.4 Å². The lowest BCUT2D eigenvalue weighted by Crippen LogP contribution is -2.44. The summed E-state index contributed by atoms with van der Waals surface area (Å²) < 4.78 is 0. The SMILES string of the molecule is O=C(N/N=C/c1cc2c([nH]1)CCCC2)C1NNC2CCCCC21. The van der Waals surface area contributed by atoms with Gasteiger partial charge in [0.05, 0.1) is 11.9 Å². The Balaban J connectivity index is 1.35. The van der Waals surface area contributed by atoms with Gasteiger partial charge in [-0.3, -0.25) is 10.2 Å². The molecular weight excluding hydrogens is 290 g/mol. The van der Waals surface area contributed by atoms with E-state index >= 15 is 0 Å². The third-order valence-electron chi connectivity index (χ3n) is 5.47. The first-order chi connectivity index (χ1) is 11.3. The quantitative estimate of drug-likeness (QED) is 0.502. The highest BCUT2D eigenvalue weighted by Crippen LogP contribution is 2.30. The number of carbonyl (C=O) groups is 1. The van der Waals surface area contributed by atoms with Crippen molar-refractivity contribution in [3.05, 3.63) is 23.0 Å². The fourth-order valence-electron chi connectivity index (χ4n) is 4.23. The van der Waals surface area contributed by atoms with Crippen molar-refractivity contribution in [3.8, 4) is 0 Å². The van der Waals surface area contributed by atoms with Crippen LogP contribution in [-0.2, 0) is 17.6 Å². The molecule has 2 heterocycles. The number of fused-ring (bicyclic) bond motifs is 2. The molecule has 23 heavy (non-hydrogen) atoms. The third-order valence-corrected chi connectivity index (χ3v) is 5.47. The molecule has 1 amide bonds. The Hall–Kier alpha value is -1.66. The van der Waals surface area contributed by atoms with Crippen LogP contribution in [0.5, 0.6) is 0 Å². The van der Waals surface area contributed by atoms with Crippen LogP contribution in [0.1, 0.15) is 55.5 Å². The van der Waals surface area contributed by atoms with E-state index in [0.29, 0.717) is 12.0 Å². The van der Waals surface area contributed by atoms with E-state index in [-0.39, 0.29) is 11.9 Å². The second-order valence-corrected chi connectivity index (χ2v) is 6.99. The minimum Gasteiger partial charge on any atom is -0.357 e. The maximum absolute atomic E-state index is 12.3. The fourth-order valence-corrected chi connectivity index (χ4v) is 4.23. The van der Waals surface area contributed by atoms with Crippen molar-refractivity contribution < 1.29 is 4.79 Å². The van der Waals surface area contributed by atoms with E-state index in [4.69, 9.17) is 0 Å². The first kappa shape index (κ1) is 14.9. The van der Waals surface area contributed by atoms with Gasteiger partial charge in [0.15, 0.2) is 0 Å². The van der Waals surface area contributed by atoms with Gasteiger partial charge in [-0.1, -0.05) is 12.8 Å². The minimum absolute atomic E-state index is 0.0422. The number of hydrazone groups is 1. The lowest BCUT2D eigenvalue weighted by Gasteiger charge is -2.26. The molecule has 3 atom stereocenters. The number of hydrogen-bond donors (Lipinski definition) is 4. The van der Waals surface area contributed by atoms with Crippen LogP contribution < -0.4 is 16.3 Å². The molecule has 3 unspecified atom stereocenters. The van der Waals surface area contributed by atoms with Crippen LogP contribution >= 0.6 is 0 Å². The summed E-state index contributed by atoms with van der Waals surface area (Å²) in [4.78, 5) is 15.7. The Bertz CT molecular complexity index is 585. The van der Waals surface area contributed by atoms with E-state index in [1.807, 2.05) is 0 Å². The molecule has 2 fully saturated rings. The standard InChI is InChI=1S/C17H25N5O/c23-17(16-13-6-2-4-8-15(13)20-21-16)22-18-10-12-9-11-5-1-3-7-14(11)19-12/h9-10,13,15-16,19-21H,1-8H2,(H,22,23)/b18-10+. The van der Waals surface area contributed by atoms with Gasteiger partial charge >= 0.3 is 0 Å². The van der Waals surface area contributed by atoms with Crippen LogP contribution in [0, 0.1) is 5.92 Å². The number of aryl methyl sites for hydroxylation is 2. The Kier molecular flexibility index (Phi) is 4.18. The van der Waals surface area contributed by atoms with Crippen LogP contribution in [0.25, 0.3) is 0 Å². The van der Waals surface area contributed by atoms with Gasteiger partial charge in [-0.05, 0) is 50.2 Å². The highest BCUT2D eigenvalue weighted by atomic mass is 16.2. The third kappa shape index (κ3) is 3.05. The van der Waals surface area contributed by atoms with Crippen molar-refractivity contribution in [1.29, 1.82) is 0 Å². The number of aromatic amines is 1. The van der Waals surface area contributed by atoms with Crippen molar-refractivity contribution in [2.75, 3.05) is 0 Å². The molecule has 6 nitrogen and oxygen atoms in total. The summed E-state index contributed by atoms with van der Waals surface area (Å²) in [5.41, 5.74) is 12.8. The lowest BCUT2D eigenvalue weighted by atomic mass is 9.81. The number of nitrogens with zero attached hydrogens (tertiary/aromatic N) is 1. The number of carbonyl (C=O) groups excluding carboxylic acids is 1. The lowest BCUT2D eigenvalue weighted by molar-refractivity contribution is -0.123. The van der Waals surface area contributed by atoms with Crippen LogP contribution in [0.3, 0.4) is 0 Å². The average molecular weight is 315 g/mol. The summed E-state index contributed by atoms with van der Waals surface area (Å²) in [6.07, 6.45) is 11.2. The molecule has 1 saturated carbocycles. The molecule has 4 N–H and O–H groups in total. The molecule has 1 aliphatic heterocycles. The summed E-state index contributed by atoms with van der Waals surface area (Å²) in [5, 5.41) is 4.14. The maximum atomic E-state index is 12.3. The molecule has 0 spiro atoms. The summed E-state index contributed by atoms with van der Waals surface area (Å²) in [6.45, 7) is 0. The smallest absolute Gasteiger partial charge is 0.258 e. The average Bonchev–Trinajstić information content (AvgIpc) is 3.18. The molecule has 4 rings (SSSR count). The van der Waals surface area contributed by atoms with Gasteiger partial charge in [0.1, 0.15) is 6.04 Å². The van der Waals surface area contributed by atoms with E-state index in [9.17, 15) is 4.79 Å². The molecular formula is C17H25N5O. The van der Waals surface area contributed by atoms with Crippen molar-refractivity contribution >= 4 is 12.1 Å². The highest BCUT2D eigenvalue weighted by molar-refractivity contribution is 5.85. The normalized spacial score (nSPS) is 30.2. The van der Waals surface area contributed by atoms with Crippen LogP contribution in [0.4, 0.5) is 0 Å². The summed E-state index contributed by atoms with van der Waals surface area (Å²) in [6, 6.07) is 2.41. The van der Waals surface area contributed by atoms with Gasteiger partial charge in [0.2, 0.25) is 0 Å². The number of H-pyrrole nitrogens is 1. The number of amides is 1. The second kappa shape index (κ2) is 6.45. The number of rotatable bonds is 3. The van der Waals surface area contributed by atoms with Gasteiger partial charge in [-0.2, -0.15) is 5.10 Å². The molecule has 3 aliphatic rings. The van der Waals surface area contributed by atoms with Crippen LogP contribution in [0.2, 0.25) is 0 Å². The second-order valence-electron chi connectivity index (χ2n) is 6.99. The molecule has 124 valence electrons. The molecule has 1 aromatic rings. The number of aromatic nitrogens is 1. The molecule has 0 bridgehead atoms. The monoisotopic (exact) mass is 315 g/mol. The first-order valence-corrected chi connectivity index (χ1v) is 8.86. The van der Waals surface area contributed by atoms with Crippen molar-refractivity contribution in [3.63, 3.8) is 0 Å². The topological polar surface area (TPSA) is 81.3 Å². The Morgan fingerprint density at radius 2 is 2.04 bits per heavy atom. The first-order valence-electron chi connectivity index (χ1n) is 8.86. The summed E-state index contributed by atoms with van der Waals surface area (Å²) >= 11 is 0. The van der Waals surface area contributed by atoms with Crippen molar-refractivity contribution in [2.45, 2.75) is 63.5 Å². The van der Waals surface area contributed by atoms with Crippen LogP contribution in [0.15, 0.2) is 11.2 Å². The zero-order chi connectivity index (χ0) is 15.6. The van der Waals surface area contributed by atoms with Gasteiger partial charge in [0.25, 0.3) is 5.91 Å². The van der Waals surface area contributed by atoms with E-state index in [1.165, 1.54) is 36.9 Å². The van der Waals surface area contributed by atoms with Crippen LogP contribution in [-0.4, -0.2) is 29.2 Å². The number of hydrogen-bond acceptors (Lipinski definition) is 4. The summed E-state index contributed by atoms with van der Waals surface area (Å²) in [5.74, 6) is 0.344. The predicted octanol–water partition coefficient (Wildman–Crippen LogP) is 1.38. The highest BCUT2D eigenvalue weighted by Gasteiger charge is 2.40. The maximum Gasteiger partial charge on any atom is 0.258 e. The molecule has 1 saturated heterocycles. The van der Waals surface area contributed by atoms with Gasteiger partial charge in [0, 0.05) is 17.7 Å². The van der Waals surface area contributed by atoms with E-state index < -0.39 is 0 Å². The fraction of sp³-hybridized carbons (Fsp3) is 0.647. The number of hydrazine groups is 1. The van der Waals surface area contributed by atoms with E-state index in [1.54, 1.807) is 6.21 Å². The molecule has 0 aromatic carbocycles. The molecule has 2 aliphatic carbocycles. The van der Waals surface area contributed by atoms with Crippen molar-refractivity contribution in [1.82, 2.24) is 21.3 Å². The Labute approximate surface area is 136 Å². The van der Waals surface area contributed by atoms with E-state index in [0.717, 1.165) is 31.4 Å². The molecule has 6 heteroatoms. The van der Waals surface area contributed by atoms with Gasteiger partial charge in [-0.25, -0.2) is 10.9 Å². The Morgan fingerprint density at radius 3 is 2.96 bits per heavy atom. The molecule has 0 radical (unpaired) electrons. The number of nitrogens with one attached hydrogen (secondary N) is 4. The minimum atomic E-state index is -0.172.